The molecule has 0 unspecified atom stereocenters. The Morgan fingerprint density at radius 3 is 2.62 bits per heavy atom. The maximum absolute atomic E-state index is 13.7. The first-order valence-corrected chi connectivity index (χ1v) is 12.9. The molecule has 3 aromatic rings. The highest BCUT2D eigenvalue weighted by molar-refractivity contribution is 6.02. The molecule has 8 nitrogen and oxygen atoms in total. The summed E-state index contributed by atoms with van der Waals surface area (Å²) in [7, 11) is 0. The first-order valence-electron chi connectivity index (χ1n) is 12.9. The minimum absolute atomic E-state index is 0.250. The third kappa shape index (κ3) is 4.30. The second-order valence-corrected chi connectivity index (χ2v) is 11.2. The predicted octanol–water partition coefficient (Wildman–Crippen LogP) is 3.30. The molecule has 2 aromatic heterocycles. The Morgan fingerprint density at radius 1 is 1.14 bits per heavy atom. The van der Waals surface area contributed by atoms with Crippen LogP contribution in [0.2, 0.25) is 0 Å². The molecule has 3 saturated carbocycles. The summed E-state index contributed by atoms with van der Waals surface area (Å²) >= 11 is 0. The smallest absolute Gasteiger partial charge is 0.268 e. The molecule has 9 heteroatoms. The Hall–Kier alpha value is -3.30. The number of carbonyl (C=O) groups excluding carboxylic acids is 1. The summed E-state index contributed by atoms with van der Waals surface area (Å²) in [6, 6.07) is 7.68. The van der Waals surface area contributed by atoms with E-state index in [4.69, 9.17) is 4.74 Å². The minimum Gasteiger partial charge on any atom is -0.506 e. The largest absolute Gasteiger partial charge is 0.506 e. The molecule has 1 saturated heterocycles. The van der Waals surface area contributed by atoms with Crippen LogP contribution in [0.3, 0.4) is 0 Å². The summed E-state index contributed by atoms with van der Waals surface area (Å²) in [6.07, 6.45) is 5.19. The lowest BCUT2D eigenvalue weighted by Gasteiger charge is -2.69. The van der Waals surface area contributed by atoms with E-state index in [0.29, 0.717) is 41.9 Å². The maximum Gasteiger partial charge on any atom is 0.268 e. The fraction of sp³-hybridized carbons (Fsp3) is 0.464. The number of nitrogens with zero attached hydrogens (tertiary/aromatic N) is 3. The van der Waals surface area contributed by atoms with E-state index in [-0.39, 0.29) is 28.1 Å². The fourth-order valence-corrected chi connectivity index (χ4v) is 6.52. The van der Waals surface area contributed by atoms with Crippen LogP contribution in [0.25, 0.3) is 22.2 Å². The van der Waals surface area contributed by atoms with Gasteiger partial charge in [-0.1, -0.05) is 19.1 Å². The van der Waals surface area contributed by atoms with Gasteiger partial charge >= 0.3 is 0 Å². The predicted molar refractivity (Wildman–Crippen MR) is 137 cm³/mol. The van der Waals surface area contributed by atoms with E-state index in [1.807, 2.05) is 0 Å². The van der Waals surface area contributed by atoms with Gasteiger partial charge in [-0.15, -0.1) is 0 Å². The number of aromatic hydroxyl groups is 1. The molecular formula is C28H31FN4O4. The molecule has 1 amide bonds. The number of benzene rings is 1. The molecule has 194 valence electrons. The second-order valence-electron chi connectivity index (χ2n) is 11.2. The average molecular weight is 507 g/mol. The van der Waals surface area contributed by atoms with Gasteiger partial charge in [-0.3, -0.25) is 19.1 Å². The topological polar surface area (TPSA) is 96.7 Å². The van der Waals surface area contributed by atoms with Crippen LogP contribution in [0.5, 0.6) is 5.75 Å². The zero-order chi connectivity index (χ0) is 25.8. The number of aromatic nitrogens is 2. The van der Waals surface area contributed by atoms with Crippen LogP contribution < -0.4 is 10.9 Å². The van der Waals surface area contributed by atoms with Gasteiger partial charge in [0.1, 0.15) is 22.8 Å². The van der Waals surface area contributed by atoms with Crippen molar-refractivity contribution in [1.82, 2.24) is 19.8 Å². The number of ether oxygens (including phenoxy) is 1. The SMILES string of the molecule is CC12CC(NC(=O)c3c(O)c4cc(-c5ccc(F)cc5)cnc4n(CCN4CCCOCC4)c3=O)(C1)C2. The third-order valence-electron chi connectivity index (χ3n) is 8.11. The van der Waals surface area contributed by atoms with Gasteiger partial charge < -0.3 is 15.2 Å². The van der Waals surface area contributed by atoms with E-state index in [0.717, 1.165) is 45.4 Å². The standard InChI is InChI=1S/C28H31FN4O4/c1-27-15-28(16-27,17-27)31-25(35)22-23(34)21-13-19(18-3-5-20(29)6-4-18)14-30-24(21)33(26(22)36)9-8-32-7-2-11-37-12-10-32/h3-6,13-14,34H,2,7-12,15-17H2,1H3,(H,31,35). The molecule has 0 atom stereocenters. The van der Waals surface area contributed by atoms with Crippen LogP contribution >= 0.6 is 0 Å². The summed E-state index contributed by atoms with van der Waals surface area (Å²) < 4.78 is 20.5. The van der Waals surface area contributed by atoms with Crippen LogP contribution in [0.1, 0.15) is 43.0 Å². The molecule has 0 radical (unpaired) electrons. The number of nitrogens with one attached hydrogen (secondary N) is 1. The van der Waals surface area contributed by atoms with Gasteiger partial charge in [0.15, 0.2) is 0 Å². The highest BCUT2D eigenvalue weighted by Gasteiger charge is 2.65. The summed E-state index contributed by atoms with van der Waals surface area (Å²) in [6.45, 7) is 6.09. The van der Waals surface area contributed by atoms with E-state index >= 15 is 0 Å². The number of rotatable bonds is 6. The van der Waals surface area contributed by atoms with Crippen LogP contribution in [0.15, 0.2) is 41.3 Å². The van der Waals surface area contributed by atoms with Gasteiger partial charge in [0.05, 0.1) is 12.0 Å². The van der Waals surface area contributed by atoms with Crippen LogP contribution in [-0.2, 0) is 11.3 Å². The van der Waals surface area contributed by atoms with Crippen molar-refractivity contribution in [3.63, 3.8) is 0 Å². The quantitative estimate of drug-likeness (QED) is 0.533. The zero-order valence-corrected chi connectivity index (χ0v) is 20.9. The minimum atomic E-state index is -0.548. The lowest BCUT2D eigenvalue weighted by molar-refractivity contribution is -0.132. The Balaban J connectivity index is 1.40. The van der Waals surface area contributed by atoms with E-state index in [9.17, 15) is 19.1 Å². The van der Waals surface area contributed by atoms with E-state index in [2.05, 4.69) is 22.1 Å². The van der Waals surface area contributed by atoms with Crippen molar-refractivity contribution in [2.45, 2.75) is 44.7 Å². The van der Waals surface area contributed by atoms with Gasteiger partial charge in [0.25, 0.3) is 11.5 Å². The van der Waals surface area contributed by atoms with Crippen molar-refractivity contribution in [2.75, 3.05) is 32.8 Å². The molecule has 2 bridgehead atoms. The van der Waals surface area contributed by atoms with E-state index in [1.165, 1.54) is 16.7 Å². The number of amides is 1. The lowest BCUT2D eigenvalue weighted by atomic mass is 9.40. The summed E-state index contributed by atoms with van der Waals surface area (Å²) in [4.78, 5) is 33.8. The van der Waals surface area contributed by atoms with Gasteiger partial charge in [0.2, 0.25) is 0 Å². The molecule has 4 aliphatic rings. The second kappa shape index (κ2) is 8.92. The first-order chi connectivity index (χ1) is 17.8. The van der Waals surface area contributed by atoms with Crippen LogP contribution in [0.4, 0.5) is 4.39 Å². The van der Waals surface area contributed by atoms with Crippen molar-refractivity contribution >= 4 is 16.9 Å². The molecule has 1 aliphatic heterocycles. The van der Waals surface area contributed by atoms with Gasteiger partial charge in [-0.2, -0.15) is 0 Å². The number of hydrogen-bond acceptors (Lipinski definition) is 6. The van der Waals surface area contributed by atoms with Gasteiger partial charge in [0, 0.05) is 50.1 Å². The van der Waals surface area contributed by atoms with Crippen LogP contribution in [-0.4, -0.2) is 63.9 Å². The summed E-state index contributed by atoms with van der Waals surface area (Å²) in [5, 5.41) is 14.6. The van der Waals surface area contributed by atoms with Gasteiger partial charge in [-0.05, 0) is 54.9 Å². The average Bonchev–Trinajstić information content (AvgIpc) is 3.11. The lowest BCUT2D eigenvalue weighted by Crippen LogP contribution is -2.73. The summed E-state index contributed by atoms with van der Waals surface area (Å²) in [5.74, 6) is -1.27. The molecule has 2 N–H and O–H groups in total. The van der Waals surface area contributed by atoms with Crippen molar-refractivity contribution in [1.29, 1.82) is 0 Å². The summed E-state index contributed by atoms with van der Waals surface area (Å²) in [5.41, 5.74) is 0.887. The number of fused-ring (bicyclic) bond motifs is 1. The Labute approximate surface area is 214 Å². The normalized spacial score (nSPS) is 25.2. The Kier molecular flexibility index (Phi) is 5.80. The number of hydrogen-bond donors (Lipinski definition) is 2. The van der Waals surface area contributed by atoms with Crippen molar-refractivity contribution < 1.29 is 19.0 Å². The molecular weight excluding hydrogens is 475 g/mol. The molecule has 4 fully saturated rings. The zero-order valence-electron chi connectivity index (χ0n) is 20.9. The fourth-order valence-electron chi connectivity index (χ4n) is 6.52. The Morgan fingerprint density at radius 2 is 1.89 bits per heavy atom. The number of carbonyl (C=O) groups is 1. The number of pyridine rings is 2. The van der Waals surface area contributed by atoms with E-state index < -0.39 is 11.5 Å². The van der Waals surface area contributed by atoms with Crippen molar-refractivity contribution in [3.05, 3.63) is 58.3 Å². The first kappa shape index (κ1) is 24.1. The maximum atomic E-state index is 13.7. The van der Waals surface area contributed by atoms with Crippen molar-refractivity contribution in [2.24, 2.45) is 5.41 Å². The molecule has 0 spiro atoms. The molecule has 37 heavy (non-hydrogen) atoms. The molecule has 3 heterocycles. The molecule has 3 aliphatic carbocycles. The number of halogens is 1. The highest BCUT2D eigenvalue weighted by atomic mass is 19.1. The van der Waals surface area contributed by atoms with Crippen LogP contribution in [0, 0.1) is 11.2 Å². The highest BCUT2D eigenvalue weighted by Crippen LogP contribution is 2.66. The third-order valence-corrected chi connectivity index (χ3v) is 8.11. The van der Waals surface area contributed by atoms with Crippen molar-refractivity contribution in [3.8, 4) is 16.9 Å². The monoisotopic (exact) mass is 506 g/mol. The molecule has 1 aromatic carbocycles. The Bertz CT molecular complexity index is 1410. The molecule has 7 rings (SSSR count). The van der Waals surface area contributed by atoms with E-state index in [1.54, 1.807) is 24.4 Å². The van der Waals surface area contributed by atoms with Gasteiger partial charge in [-0.25, -0.2) is 9.37 Å².